The van der Waals surface area contributed by atoms with Crippen LogP contribution in [0.3, 0.4) is 0 Å². The van der Waals surface area contributed by atoms with E-state index in [9.17, 15) is 0 Å². The molecule has 0 aliphatic heterocycles. The van der Waals surface area contributed by atoms with Crippen molar-refractivity contribution >= 4 is 0 Å². The van der Waals surface area contributed by atoms with Gasteiger partial charge in [0.25, 0.3) is 0 Å². The van der Waals surface area contributed by atoms with Crippen LogP contribution in [0, 0.1) is 11.8 Å². The van der Waals surface area contributed by atoms with Crippen LogP contribution >= 0.6 is 0 Å². The average Bonchev–Trinajstić information content (AvgIpc) is 2.39. The molecule has 0 rings (SSSR count). The smallest absolute Gasteiger partial charge is 0.0220 e. The van der Waals surface area contributed by atoms with Crippen molar-refractivity contribution in [3.8, 4) is 0 Å². The first-order chi connectivity index (χ1) is 9.08. The van der Waals surface area contributed by atoms with E-state index in [4.69, 9.17) is 0 Å². The molecule has 19 heavy (non-hydrogen) atoms. The maximum Gasteiger partial charge on any atom is 0.0220 e. The lowest BCUT2D eigenvalue weighted by Crippen LogP contribution is -2.45. The Morgan fingerprint density at radius 1 is 0.947 bits per heavy atom. The summed E-state index contributed by atoms with van der Waals surface area (Å²) in [5, 5.41) is 3.65. The first-order valence-electron chi connectivity index (χ1n) is 8.53. The molecule has 1 N–H and O–H groups in total. The van der Waals surface area contributed by atoms with Gasteiger partial charge in [-0.3, -0.25) is 4.90 Å². The van der Waals surface area contributed by atoms with Gasteiger partial charge in [-0.25, -0.2) is 0 Å². The molecule has 0 heterocycles. The summed E-state index contributed by atoms with van der Waals surface area (Å²) < 4.78 is 0. The van der Waals surface area contributed by atoms with Crippen LogP contribution in [0.25, 0.3) is 0 Å². The number of rotatable bonds is 12. The molecule has 0 aromatic carbocycles. The van der Waals surface area contributed by atoms with Gasteiger partial charge in [0.2, 0.25) is 0 Å². The van der Waals surface area contributed by atoms with Crippen molar-refractivity contribution in [3.63, 3.8) is 0 Å². The lowest BCUT2D eigenvalue weighted by Gasteiger charge is -2.33. The molecule has 0 aromatic heterocycles. The summed E-state index contributed by atoms with van der Waals surface area (Å²) in [5.74, 6) is 1.61. The predicted octanol–water partition coefficient (Wildman–Crippen LogP) is 4.16. The second-order valence-electron chi connectivity index (χ2n) is 6.26. The second kappa shape index (κ2) is 11.7. The Hall–Kier alpha value is -0.0800. The third-order valence-electron chi connectivity index (χ3n) is 4.12. The molecule has 0 saturated heterocycles. The van der Waals surface area contributed by atoms with E-state index >= 15 is 0 Å². The maximum atomic E-state index is 3.65. The van der Waals surface area contributed by atoms with Crippen LogP contribution < -0.4 is 5.32 Å². The first kappa shape index (κ1) is 18.9. The van der Waals surface area contributed by atoms with Crippen LogP contribution in [-0.4, -0.2) is 37.1 Å². The number of likely N-dealkylation sites (N-methyl/N-ethyl adjacent to an activating group) is 1. The molecule has 0 aliphatic carbocycles. The number of hydrogen-bond donors (Lipinski definition) is 1. The third-order valence-corrected chi connectivity index (χ3v) is 4.12. The van der Waals surface area contributed by atoms with Crippen molar-refractivity contribution in [2.24, 2.45) is 11.8 Å². The minimum Gasteiger partial charge on any atom is -0.315 e. The molecular weight excluding hydrogens is 232 g/mol. The molecular formula is C17H38N2. The zero-order chi connectivity index (χ0) is 14.7. The summed E-state index contributed by atoms with van der Waals surface area (Å²) in [5.41, 5.74) is 0. The summed E-state index contributed by atoms with van der Waals surface area (Å²) in [6.45, 7) is 18.6. The van der Waals surface area contributed by atoms with Gasteiger partial charge in [-0.05, 0) is 31.3 Å². The highest BCUT2D eigenvalue weighted by atomic mass is 15.2. The van der Waals surface area contributed by atoms with Crippen LogP contribution in [0.4, 0.5) is 0 Å². The quantitative estimate of drug-likeness (QED) is 0.573. The van der Waals surface area contributed by atoms with Gasteiger partial charge >= 0.3 is 0 Å². The fraction of sp³-hybridized carbons (Fsp3) is 1.00. The molecule has 0 spiro atoms. The Balaban J connectivity index is 4.34. The maximum absolute atomic E-state index is 3.65. The Morgan fingerprint density at radius 3 is 2.00 bits per heavy atom. The van der Waals surface area contributed by atoms with Crippen molar-refractivity contribution < 1.29 is 0 Å². The van der Waals surface area contributed by atoms with Gasteiger partial charge in [0, 0.05) is 19.1 Å². The summed E-state index contributed by atoms with van der Waals surface area (Å²) >= 11 is 0. The molecule has 0 saturated carbocycles. The molecule has 0 bridgehead atoms. The van der Waals surface area contributed by atoms with E-state index in [0.29, 0.717) is 6.04 Å². The number of hydrogen-bond acceptors (Lipinski definition) is 2. The first-order valence-corrected chi connectivity index (χ1v) is 8.53. The van der Waals surface area contributed by atoms with E-state index in [0.717, 1.165) is 24.9 Å². The fourth-order valence-electron chi connectivity index (χ4n) is 2.70. The highest BCUT2D eigenvalue weighted by Gasteiger charge is 2.18. The van der Waals surface area contributed by atoms with E-state index in [1.165, 1.54) is 38.8 Å². The third kappa shape index (κ3) is 8.65. The predicted molar refractivity (Wildman–Crippen MR) is 87.7 cm³/mol. The summed E-state index contributed by atoms with van der Waals surface area (Å²) in [7, 11) is 0. The van der Waals surface area contributed by atoms with Gasteiger partial charge in [0.1, 0.15) is 0 Å². The van der Waals surface area contributed by atoms with Gasteiger partial charge in [-0.1, -0.05) is 60.8 Å². The zero-order valence-corrected chi connectivity index (χ0v) is 14.3. The average molecular weight is 271 g/mol. The molecule has 0 aliphatic rings. The van der Waals surface area contributed by atoms with E-state index in [1.54, 1.807) is 0 Å². The van der Waals surface area contributed by atoms with Crippen LogP contribution in [0.1, 0.15) is 67.2 Å². The van der Waals surface area contributed by atoms with Crippen molar-refractivity contribution in [2.75, 3.05) is 26.2 Å². The Kier molecular flexibility index (Phi) is 11.7. The minimum atomic E-state index is 0.717. The Bertz CT molecular complexity index is 188. The van der Waals surface area contributed by atoms with E-state index < -0.39 is 0 Å². The van der Waals surface area contributed by atoms with Gasteiger partial charge in [-0.15, -0.1) is 0 Å². The van der Waals surface area contributed by atoms with Crippen LogP contribution in [0.2, 0.25) is 0 Å². The van der Waals surface area contributed by atoms with E-state index in [2.05, 4.69) is 51.8 Å². The number of nitrogens with zero attached hydrogens (tertiary/aromatic N) is 1. The van der Waals surface area contributed by atoms with Gasteiger partial charge in [-0.2, -0.15) is 0 Å². The normalized spacial score (nSPS) is 13.7. The van der Waals surface area contributed by atoms with Gasteiger partial charge in [0.05, 0.1) is 0 Å². The second-order valence-corrected chi connectivity index (χ2v) is 6.26. The molecule has 0 amide bonds. The standard InChI is InChI=1S/C17H38N2/c1-7-11-17(13-18-12-15(5)6)19(10-4)14-16(8-2)9-3/h15-18H,7-14H2,1-6H3. The largest absolute Gasteiger partial charge is 0.315 e. The van der Waals surface area contributed by atoms with Crippen LogP contribution in [-0.2, 0) is 0 Å². The lowest BCUT2D eigenvalue weighted by molar-refractivity contribution is 0.157. The van der Waals surface area contributed by atoms with E-state index in [-0.39, 0.29) is 0 Å². The van der Waals surface area contributed by atoms with E-state index in [1.807, 2.05) is 0 Å². The zero-order valence-electron chi connectivity index (χ0n) is 14.3. The molecule has 1 unspecified atom stereocenters. The number of nitrogens with one attached hydrogen (secondary N) is 1. The molecule has 0 radical (unpaired) electrons. The van der Waals surface area contributed by atoms with Crippen molar-refractivity contribution in [3.05, 3.63) is 0 Å². The topological polar surface area (TPSA) is 15.3 Å². The monoisotopic (exact) mass is 270 g/mol. The van der Waals surface area contributed by atoms with Crippen molar-refractivity contribution in [1.82, 2.24) is 10.2 Å². The van der Waals surface area contributed by atoms with Gasteiger partial charge in [0.15, 0.2) is 0 Å². The molecule has 0 fully saturated rings. The molecule has 2 nitrogen and oxygen atoms in total. The molecule has 116 valence electrons. The molecule has 0 aromatic rings. The van der Waals surface area contributed by atoms with Gasteiger partial charge < -0.3 is 5.32 Å². The summed E-state index contributed by atoms with van der Waals surface area (Å²) in [6, 6.07) is 0.717. The van der Waals surface area contributed by atoms with Crippen LogP contribution in [0.5, 0.6) is 0 Å². The SMILES string of the molecule is CCCC(CNCC(C)C)N(CC)CC(CC)CC. The summed E-state index contributed by atoms with van der Waals surface area (Å²) in [4.78, 5) is 2.70. The van der Waals surface area contributed by atoms with Crippen LogP contribution in [0.15, 0.2) is 0 Å². The highest BCUT2D eigenvalue weighted by molar-refractivity contribution is 4.75. The molecule has 2 heteroatoms. The Labute approximate surface area is 122 Å². The summed E-state index contributed by atoms with van der Waals surface area (Å²) in [6.07, 6.45) is 5.23. The lowest BCUT2D eigenvalue weighted by atomic mass is 10.0. The van der Waals surface area contributed by atoms with Crippen molar-refractivity contribution in [2.45, 2.75) is 73.3 Å². The molecule has 1 atom stereocenters. The fourth-order valence-corrected chi connectivity index (χ4v) is 2.70. The van der Waals surface area contributed by atoms with Crippen molar-refractivity contribution in [1.29, 1.82) is 0 Å². The highest BCUT2D eigenvalue weighted by Crippen LogP contribution is 2.14. The minimum absolute atomic E-state index is 0.717. The Morgan fingerprint density at radius 2 is 1.58 bits per heavy atom.